The van der Waals surface area contributed by atoms with Crippen molar-refractivity contribution < 1.29 is 0 Å². The Morgan fingerprint density at radius 3 is 2.07 bits per heavy atom. The van der Waals surface area contributed by atoms with E-state index in [4.69, 9.17) is 4.98 Å². The molecule has 0 aliphatic heterocycles. The second kappa shape index (κ2) is 7.83. The van der Waals surface area contributed by atoms with Crippen molar-refractivity contribution >= 4 is 23.1 Å². The maximum atomic E-state index is 5.17. The van der Waals surface area contributed by atoms with E-state index in [1.54, 1.807) is 4.88 Å². The lowest BCUT2D eigenvalue weighted by atomic mass is 9.79. The van der Waals surface area contributed by atoms with Crippen LogP contribution in [0.2, 0.25) is 0 Å². The maximum absolute atomic E-state index is 5.17. The topological polar surface area (TPSA) is 12.9 Å². The summed E-state index contributed by atoms with van der Waals surface area (Å²) in [5.74, 6) is 1.09. The molecule has 1 aliphatic carbocycles. The molecule has 0 saturated carbocycles. The fraction of sp³-hybridized carbons (Fsp3) is 0.583. The lowest BCUT2D eigenvalue weighted by Gasteiger charge is -2.25. The zero-order valence-corrected chi connectivity index (χ0v) is 19.7. The van der Waals surface area contributed by atoms with Crippen LogP contribution in [0.4, 0.5) is 0 Å². The summed E-state index contributed by atoms with van der Waals surface area (Å²) < 4.78 is 0. The van der Waals surface area contributed by atoms with Gasteiger partial charge < -0.3 is 0 Å². The summed E-state index contributed by atoms with van der Waals surface area (Å²) in [5, 5.41) is 2.47. The van der Waals surface area contributed by atoms with Gasteiger partial charge >= 0.3 is 5.01 Å². The molecule has 0 atom stereocenters. The Labute approximate surface area is 174 Å². The molecule has 1 aromatic carbocycles. The Kier molecular flexibility index (Phi) is 6.03. The highest BCUT2D eigenvalue weighted by Crippen LogP contribution is 2.39. The third-order valence-corrected chi connectivity index (χ3v) is 7.41. The van der Waals surface area contributed by atoms with E-state index in [2.05, 4.69) is 66.7 Å². The largest absolute Gasteiger partial charge is 0.331 e. The molecule has 1 aromatic heterocycles. The number of hydrogen-bond donors (Lipinski definition) is 0. The summed E-state index contributed by atoms with van der Waals surface area (Å²) in [6, 6.07) is 7.15. The monoisotopic (exact) mass is 400 g/mol. The normalized spacial score (nSPS) is 14.9. The van der Waals surface area contributed by atoms with E-state index < -0.39 is 0 Å². The highest BCUT2D eigenvalue weighted by atomic mass is 32.2. The summed E-state index contributed by atoms with van der Waals surface area (Å²) in [5.41, 5.74) is 5.91. The molecule has 1 aliphatic rings. The summed E-state index contributed by atoms with van der Waals surface area (Å²) in [6.07, 6.45) is 5.05. The number of aryl methyl sites for hydroxylation is 1. The minimum atomic E-state index is 0.135. The lowest BCUT2D eigenvalue weighted by Crippen LogP contribution is -2.16. The van der Waals surface area contributed by atoms with Crippen LogP contribution in [0.5, 0.6) is 0 Å². The number of fused-ring (bicyclic) bond motifs is 1. The smallest absolute Gasteiger partial charge is 0.186 e. The van der Waals surface area contributed by atoms with Crippen LogP contribution in [-0.2, 0) is 23.7 Å². The summed E-state index contributed by atoms with van der Waals surface area (Å²) in [7, 11) is 0. The molecule has 0 unspecified atom stereocenters. The number of nitrogens with zero attached hydrogens (tertiary/aromatic N) is 1. The quantitative estimate of drug-likeness (QED) is 0.387. The Morgan fingerprint density at radius 2 is 1.52 bits per heavy atom. The van der Waals surface area contributed by atoms with Gasteiger partial charge in [-0.05, 0) is 59.1 Å². The van der Waals surface area contributed by atoms with Gasteiger partial charge in [0.2, 0.25) is 16.2 Å². The van der Waals surface area contributed by atoms with Crippen LogP contribution in [0.15, 0.2) is 23.2 Å². The molecule has 0 spiro atoms. The molecule has 1 heterocycles. The SMILES string of the molecule is CCSc1nc(-c2cc(C(C)(C)C)cc(C(C)(C)C)c2)[s+]c2c1CCCC2. The van der Waals surface area contributed by atoms with Crippen LogP contribution >= 0.6 is 23.1 Å². The first-order valence-corrected chi connectivity index (χ1v) is 12.0. The number of rotatable bonds is 3. The average molecular weight is 401 g/mol. The van der Waals surface area contributed by atoms with E-state index in [0.29, 0.717) is 0 Å². The zero-order chi connectivity index (χ0) is 19.8. The van der Waals surface area contributed by atoms with Crippen LogP contribution in [0.3, 0.4) is 0 Å². The molecular formula is C24H34NS2+. The molecule has 1 nitrogen and oxygen atoms in total. The lowest BCUT2D eigenvalue weighted by molar-refractivity contribution is 0.569. The Bertz CT molecular complexity index is 793. The van der Waals surface area contributed by atoms with Crippen molar-refractivity contribution in [3.05, 3.63) is 39.8 Å². The third kappa shape index (κ3) is 4.74. The van der Waals surface area contributed by atoms with Gasteiger partial charge in [0.1, 0.15) is 5.03 Å². The molecule has 3 heteroatoms. The van der Waals surface area contributed by atoms with Crippen molar-refractivity contribution in [2.24, 2.45) is 0 Å². The number of hydrogen-bond acceptors (Lipinski definition) is 2. The first kappa shape index (κ1) is 20.8. The van der Waals surface area contributed by atoms with Gasteiger partial charge in [-0.15, -0.1) is 11.8 Å². The zero-order valence-electron chi connectivity index (χ0n) is 18.0. The van der Waals surface area contributed by atoms with Gasteiger partial charge in [-0.2, -0.15) is 4.98 Å². The third-order valence-electron chi connectivity index (χ3n) is 5.29. The second-order valence-corrected chi connectivity index (χ2v) is 12.0. The van der Waals surface area contributed by atoms with Gasteiger partial charge in [-0.25, -0.2) is 0 Å². The van der Waals surface area contributed by atoms with Crippen molar-refractivity contribution in [2.45, 2.75) is 90.0 Å². The predicted octanol–water partition coefficient (Wildman–Crippen LogP) is 7.68. The molecule has 0 fully saturated rings. The van der Waals surface area contributed by atoms with E-state index in [9.17, 15) is 0 Å². The van der Waals surface area contributed by atoms with Crippen LogP contribution in [0, 0.1) is 0 Å². The molecule has 0 saturated heterocycles. The standard InChI is InChI=1S/C24H34NS2/c1-8-26-22-19-11-9-10-12-20(19)27-21(25-22)16-13-17(23(2,3)4)15-18(14-16)24(5,6)7/h13-15H,8-12H2,1-7H3/q+1. The predicted molar refractivity (Wildman–Crippen MR) is 122 cm³/mol. The van der Waals surface area contributed by atoms with E-state index in [-0.39, 0.29) is 10.8 Å². The highest BCUT2D eigenvalue weighted by Gasteiger charge is 2.29. The number of thioether (sulfide) groups is 1. The first-order valence-electron chi connectivity index (χ1n) is 10.2. The van der Waals surface area contributed by atoms with Gasteiger partial charge in [0.25, 0.3) is 0 Å². The second-order valence-electron chi connectivity index (χ2n) is 9.67. The van der Waals surface area contributed by atoms with Crippen LogP contribution in [-0.4, -0.2) is 10.7 Å². The summed E-state index contributed by atoms with van der Waals surface area (Å²) >= 11 is 3.85. The van der Waals surface area contributed by atoms with Gasteiger partial charge in [0.05, 0.1) is 5.56 Å². The molecule has 146 valence electrons. The van der Waals surface area contributed by atoms with Gasteiger partial charge in [0, 0.05) is 12.0 Å². The van der Waals surface area contributed by atoms with Crippen molar-refractivity contribution in [1.82, 2.24) is 4.98 Å². The number of benzene rings is 1. The fourth-order valence-corrected chi connectivity index (χ4v) is 5.64. The maximum Gasteiger partial charge on any atom is 0.331 e. The minimum absolute atomic E-state index is 0.135. The molecule has 27 heavy (non-hydrogen) atoms. The van der Waals surface area contributed by atoms with Crippen molar-refractivity contribution in [2.75, 3.05) is 5.75 Å². The van der Waals surface area contributed by atoms with E-state index >= 15 is 0 Å². The highest BCUT2D eigenvalue weighted by molar-refractivity contribution is 7.99. The fourth-order valence-electron chi connectivity index (χ4n) is 3.51. The first-order chi connectivity index (χ1) is 12.6. The molecule has 0 bridgehead atoms. The summed E-state index contributed by atoms with van der Waals surface area (Å²) in [6.45, 7) is 16.1. The van der Waals surface area contributed by atoms with Gasteiger partial charge in [0.15, 0.2) is 0 Å². The summed E-state index contributed by atoms with van der Waals surface area (Å²) in [4.78, 5) is 6.74. The molecule has 3 rings (SSSR count). The van der Waals surface area contributed by atoms with Crippen LogP contribution < -0.4 is 0 Å². The van der Waals surface area contributed by atoms with Gasteiger partial charge in [-0.1, -0.05) is 54.5 Å². The molecule has 2 aromatic rings. The Balaban J connectivity index is 2.19. The van der Waals surface area contributed by atoms with Crippen LogP contribution in [0.25, 0.3) is 10.6 Å². The van der Waals surface area contributed by atoms with Crippen LogP contribution in [0.1, 0.15) is 82.9 Å². The van der Waals surface area contributed by atoms with Gasteiger partial charge in [-0.3, -0.25) is 0 Å². The molecular weight excluding hydrogens is 366 g/mol. The van der Waals surface area contributed by atoms with Crippen molar-refractivity contribution in [3.63, 3.8) is 0 Å². The van der Waals surface area contributed by atoms with E-state index in [1.165, 1.54) is 58.0 Å². The molecule has 0 N–H and O–H groups in total. The Hall–Kier alpha value is -0.930. The number of aromatic nitrogens is 1. The molecule has 0 radical (unpaired) electrons. The average Bonchev–Trinajstić information content (AvgIpc) is 2.60. The minimum Gasteiger partial charge on any atom is -0.186 e. The van der Waals surface area contributed by atoms with E-state index in [1.807, 2.05) is 23.1 Å². The van der Waals surface area contributed by atoms with Crippen molar-refractivity contribution in [3.8, 4) is 10.6 Å². The van der Waals surface area contributed by atoms with E-state index in [0.717, 1.165) is 5.75 Å². The molecule has 0 amide bonds. The Morgan fingerprint density at radius 1 is 0.926 bits per heavy atom. The van der Waals surface area contributed by atoms with Crippen molar-refractivity contribution in [1.29, 1.82) is 0 Å².